The fourth-order valence-corrected chi connectivity index (χ4v) is 2.62. The number of H-pyrrole nitrogens is 1. The monoisotopic (exact) mass is 396 g/mol. The second kappa shape index (κ2) is 7.75. The second-order valence-electron chi connectivity index (χ2n) is 5.90. The van der Waals surface area contributed by atoms with Gasteiger partial charge >= 0.3 is 0 Å². The van der Waals surface area contributed by atoms with Crippen molar-refractivity contribution in [1.29, 1.82) is 0 Å². The lowest BCUT2D eigenvalue weighted by molar-refractivity contribution is -0.116. The predicted molar refractivity (Wildman–Crippen MR) is 89.7 cm³/mol. The molecule has 28 heavy (non-hydrogen) atoms. The number of halogens is 5. The Hall–Kier alpha value is -3.30. The number of rotatable bonds is 5. The number of nitrogens with zero attached hydrogens (tertiary/aromatic N) is 2. The third-order valence-electron chi connectivity index (χ3n) is 4.14. The van der Waals surface area contributed by atoms with Gasteiger partial charge in [-0.2, -0.15) is 5.10 Å². The van der Waals surface area contributed by atoms with Gasteiger partial charge in [0.15, 0.2) is 29.1 Å². The largest absolute Gasteiger partial charge is 0.309 e. The van der Waals surface area contributed by atoms with Crippen LogP contribution in [0.2, 0.25) is 0 Å². The molecule has 146 valence electrons. The van der Waals surface area contributed by atoms with Crippen LogP contribution in [0.3, 0.4) is 0 Å². The summed E-state index contributed by atoms with van der Waals surface area (Å²) < 4.78 is 66.8. The van der Waals surface area contributed by atoms with E-state index in [0.717, 1.165) is 5.56 Å². The highest BCUT2D eigenvalue weighted by Crippen LogP contribution is 2.26. The molecule has 2 N–H and O–H groups in total. The van der Waals surface area contributed by atoms with E-state index in [4.69, 9.17) is 0 Å². The first kappa shape index (κ1) is 19.5. The van der Waals surface area contributed by atoms with Crippen molar-refractivity contribution < 1.29 is 26.7 Å². The summed E-state index contributed by atoms with van der Waals surface area (Å²) in [4.78, 5) is 16.0. The third-order valence-corrected chi connectivity index (χ3v) is 4.14. The minimum absolute atomic E-state index is 0.189. The lowest BCUT2D eigenvalue weighted by atomic mass is 10.1. The number of anilines is 1. The molecule has 2 heterocycles. The van der Waals surface area contributed by atoms with Crippen LogP contribution in [0.5, 0.6) is 0 Å². The molecule has 5 nitrogen and oxygen atoms in total. The Morgan fingerprint density at radius 3 is 2.18 bits per heavy atom. The van der Waals surface area contributed by atoms with Crippen LogP contribution in [0, 0.1) is 36.0 Å². The average Bonchev–Trinajstić information content (AvgIpc) is 3.05. The van der Waals surface area contributed by atoms with Crippen LogP contribution in [0.25, 0.3) is 11.3 Å². The van der Waals surface area contributed by atoms with Crippen molar-refractivity contribution >= 4 is 11.7 Å². The van der Waals surface area contributed by atoms with E-state index in [9.17, 15) is 26.7 Å². The van der Waals surface area contributed by atoms with Gasteiger partial charge in [0.05, 0.1) is 5.69 Å². The smallest absolute Gasteiger partial charge is 0.225 e. The van der Waals surface area contributed by atoms with E-state index in [2.05, 4.69) is 20.5 Å². The van der Waals surface area contributed by atoms with Crippen molar-refractivity contribution in [3.05, 3.63) is 64.7 Å². The molecule has 10 heteroatoms. The fourth-order valence-electron chi connectivity index (χ4n) is 2.62. The van der Waals surface area contributed by atoms with Gasteiger partial charge in [-0.3, -0.25) is 14.9 Å². The summed E-state index contributed by atoms with van der Waals surface area (Å²) in [5.74, 6) is -10.7. The van der Waals surface area contributed by atoms with E-state index in [1.807, 2.05) is 0 Å². The number of pyridine rings is 1. The Bertz CT molecular complexity index is 1010. The third kappa shape index (κ3) is 3.57. The molecular formula is C18H13F5N4O. The van der Waals surface area contributed by atoms with Gasteiger partial charge in [0.1, 0.15) is 0 Å². The minimum Gasteiger partial charge on any atom is -0.309 e. The number of amides is 1. The van der Waals surface area contributed by atoms with Gasteiger partial charge in [-0.05, 0) is 25.5 Å². The van der Waals surface area contributed by atoms with Crippen LogP contribution < -0.4 is 5.32 Å². The second-order valence-corrected chi connectivity index (χ2v) is 5.90. The molecule has 0 saturated heterocycles. The maximum atomic E-state index is 13.7. The number of nitrogens with one attached hydrogen (secondary N) is 2. The number of hydrogen-bond donors (Lipinski definition) is 2. The Kier molecular flexibility index (Phi) is 5.39. The quantitative estimate of drug-likeness (QED) is 0.388. The van der Waals surface area contributed by atoms with Gasteiger partial charge in [0, 0.05) is 35.5 Å². The number of carbonyl (C=O) groups excluding carboxylic acids is 1. The Labute approximate surface area is 155 Å². The van der Waals surface area contributed by atoms with Crippen LogP contribution in [-0.2, 0) is 11.2 Å². The van der Waals surface area contributed by atoms with Crippen molar-refractivity contribution in [1.82, 2.24) is 15.2 Å². The lowest BCUT2D eigenvalue weighted by Gasteiger charge is -2.08. The molecule has 0 bridgehead atoms. The van der Waals surface area contributed by atoms with Gasteiger partial charge in [-0.15, -0.1) is 0 Å². The molecule has 1 amide bonds. The summed E-state index contributed by atoms with van der Waals surface area (Å²) in [6, 6.07) is 3.46. The molecule has 1 aromatic carbocycles. The van der Waals surface area contributed by atoms with Crippen LogP contribution in [0.4, 0.5) is 27.8 Å². The molecule has 0 spiro atoms. The summed E-state index contributed by atoms with van der Waals surface area (Å²) in [5.41, 5.74) is 0.984. The zero-order valence-corrected chi connectivity index (χ0v) is 14.4. The molecule has 3 aromatic rings. The highest BCUT2D eigenvalue weighted by Gasteiger charge is 2.26. The molecule has 0 aliphatic carbocycles. The maximum Gasteiger partial charge on any atom is 0.225 e. The van der Waals surface area contributed by atoms with Gasteiger partial charge < -0.3 is 5.32 Å². The number of aromatic nitrogens is 3. The maximum absolute atomic E-state index is 13.7. The van der Waals surface area contributed by atoms with E-state index < -0.39 is 53.4 Å². The SMILES string of the molecule is Cc1c(NC(=O)CCc2c(F)c(F)c(F)c(F)c2F)n[nH]c1-c1ccncc1. The van der Waals surface area contributed by atoms with Crippen LogP contribution in [0.15, 0.2) is 24.5 Å². The van der Waals surface area contributed by atoms with Crippen molar-refractivity contribution in [3.63, 3.8) is 0 Å². The fraction of sp³-hybridized carbons (Fsp3) is 0.167. The first-order chi connectivity index (χ1) is 13.3. The molecule has 0 atom stereocenters. The van der Waals surface area contributed by atoms with E-state index in [0.29, 0.717) is 11.3 Å². The van der Waals surface area contributed by atoms with Gasteiger partial charge in [-0.25, -0.2) is 22.0 Å². The molecule has 2 aromatic heterocycles. The average molecular weight is 396 g/mol. The molecule has 0 saturated carbocycles. The first-order valence-corrected chi connectivity index (χ1v) is 8.06. The zero-order chi connectivity index (χ0) is 20.4. The number of carbonyl (C=O) groups is 1. The van der Waals surface area contributed by atoms with E-state index in [1.165, 1.54) is 0 Å². The van der Waals surface area contributed by atoms with Crippen LogP contribution >= 0.6 is 0 Å². The predicted octanol–water partition coefficient (Wildman–Crippen LogP) is 4.05. The van der Waals surface area contributed by atoms with Gasteiger partial charge in [0.2, 0.25) is 11.7 Å². The van der Waals surface area contributed by atoms with Crippen molar-refractivity contribution in [2.45, 2.75) is 19.8 Å². The summed E-state index contributed by atoms with van der Waals surface area (Å²) in [6.45, 7) is 1.69. The van der Waals surface area contributed by atoms with Crippen LogP contribution in [-0.4, -0.2) is 21.1 Å². The normalized spacial score (nSPS) is 10.9. The first-order valence-electron chi connectivity index (χ1n) is 8.06. The lowest BCUT2D eigenvalue weighted by Crippen LogP contribution is -2.15. The van der Waals surface area contributed by atoms with E-state index in [-0.39, 0.29) is 5.82 Å². The topological polar surface area (TPSA) is 70.7 Å². The standard InChI is InChI=1S/C18H13F5N4O/c1-8-17(9-4-6-24-7-5-9)26-27-18(8)25-11(28)3-2-10-12(19)14(21)16(23)15(22)13(10)20/h4-7H,2-3H2,1H3,(H2,25,26,27,28). The molecule has 0 aliphatic heterocycles. The summed E-state index contributed by atoms with van der Waals surface area (Å²) in [5, 5.41) is 9.17. The van der Waals surface area contributed by atoms with Crippen LogP contribution in [0.1, 0.15) is 17.5 Å². The van der Waals surface area contributed by atoms with Gasteiger partial charge in [0.25, 0.3) is 0 Å². The summed E-state index contributed by atoms with van der Waals surface area (Å²) >= 11 is 0. The molecule has 0 aliphatic rings. The number of benzene rings is 1. The highest BCUT2D eigenvalue weighted by molar-refractivity contribution is 5.91. The van der Waals surface area contributed by atoms with Crippen molar-refractivity contribution in [2.24, 2.45) is 0 Å². The van der Waals surface area contributed by atoms with Crippen molar-refractivity contribution in [2.75, 3.05) is 5.32 Å². The molecule has 0 fully saturated rings. The molecular weight excluding hydrogens is 383 g/mol. The zero-order valence-electron chi connectivity index (χ0n) is 14.4. The molecule has 3 rings (SSSR count). The number of aromatic amines is 1. The molecule has 0 radical (unpaired) electrons. The van der Waals surface area contributed by atoms with Gasteiger partial charge in [-0.1, -0.05) is 0 Å². The summed E-state index contributed by atoms with van der Waals surface area (Å²) in [7, 11) is 0. The summed E-state index contributed by atoms with van der Waals surface area (Å²) in [6.07, 6.45) is 1.99. The Morgan fingerprint density at radius 1 is 1.00 bits per heavy atom. The molecule has 0 unspecified atom stereocenters. The number of hydrogen-bond acceptors (Lipinski definition) is 3. The van der Waals surface area contributed by atoms with Crippen molar-refractivity contribution in [3.8, 4) is 11.3 Å². The Morgan fingerprint density at radius 2 is 1.57 bits per heavy atom. The van der Waals surface area contributed by atoms with E-state index in [1.54, 1.807) is 31.5 Å². The van der Waals surface area contributed by atoms with E-state index >= 15 is 0 Å². The highest BCUT2D eigenvalue weighted by atomic mass is 19.2. The Balaban J connectivity index is 1.72. The minimum atomic E-state index is -2.24.